The molecule has 0 aliphatic heterocycles. The van der Waals surface area contributed by atoms with Crippen LogP contribution in [0.5, 0.6) is 0 Å². The second-order valence-electron chi connectivity index (χ2n) is 3.33. The molecular formula is C10H11ClN2. The van der Waals surface area contributed by atoms with E-state index in [4.69, 9.17) is 11.6 Å². The number of hydrogen-bond acceptors (Lipinski definition) is 1. The van der Waals surface area contributed by atoms with Gasteiger partial charge in [0.25, 0.3) is 0 Å². The summed E-state index contributed by atoms with van der Waals surface area (Å²) in [4.78, 5) is 4.41. The molecule has 2 nitrogen and oxygen atoms in total. The summed E-state index contributed by atoms with van der Waals surface area (Å²) in [5.74, 6) is 0.988. The molecule has 0 spiro atoms. The van der Waals surface area contributed by atoms with Gasteiger partial charge in [0.15, 0.2) is 0 Å². The van der Waals surface area contributed by atoms with Crippen molar-refractivity contribution >= 4 is 22.6 Å². The number of hydrogen-bond donors (Lipinski definition) is 0. The van der Waals surface area contributed by atoms with E-state index in [9.17, 15) is 0 Å². The molecule has 0 saturated heterocycles. The van der Waals surface area contributed by atoms with Crippen LogP contribution in [0.1, 0.15) is 11.4 Å². The van der Waals surface area contributed by atoms with E-state index in [0.29, 0.717) is 0 Å². The van der Waals surface area contributed by atoms with E-state index in [2.05, 4.69) is 4.98 Å². The van der Waals surface area contributed by atoms with E-state index in [1.54, 1.807) is 0 Å². The van der Waals surface area contributed by atoms with E-state index in [-0.39, 0.29) is 0 Å². The maximum absolute atomic E-state index is 6.12. The molecule has 3 heteroatoms. The zero-order chi connectivity index (χ0) is 9.59. The number of aromatic nitrogens is 2. The van der Waals surface area contributed by atoms with Crippen LogP contribution < -0.4 is 0 Å². The smallest absolute Gasteiger partial charge is 0.106 e. The molecule has 0 N–H and O–H groups in total. The lowest BCUT2D eigenvalue weighted by Crippen LogP contribution is -1.90. The Labute approximate surface area is 82.1 Å². The summed E-state index contributed by atoms with van der Waals surface area (Å²) in [5, 5.41) is 0.776. The summed E-state index contributed by atoms with van der Waals surface area (Å²) in [7, 11) is 1.98. The molecular weight excluding hydrogens is 184 g/mol. The van der Waals surface area contributed by atoms with Crippen molar-refractivity contribution < 1.29 is 0 Å². The Morgan fingerprint density at radius 2 is 2.00 bits per heavy atom. The van der Waals surface area contributed by atoms with Crippen molar-refractivity contribution in [1.82, 2.24) is 9.55 Å². The highest BCUT2D eigenvalue weighted by molar-refractivity contribution is 6.35. The van der Waals surface area contributed by atoms with Gasteiger partial charge in [-0.1, -0.05) is 11.6 Å². The fraction of sp³-hybridized carbons (Fsp3) is 0.300. The Kier molecular flexibility index (Phi) is 1.81. The number of nitrogens with zero attached hydrogens (tertiary/aromatic N) is 2. The maximum Gasteiger partial charge on any atom is 0.106 e. The Morgan fingerprint density at radius 1 is 1.31 bits per heavy atom. The lowest BCUT2D eigenvalue weighted by Gasteiger charge is -1.99. The third kappa shape index (κ3) is 1.22. The monoisotopic (exact) mass is 194 g/mol. The van der Waals surface area contributed by atoms with Gasteiger partial charge in [0.05, 0.1) is 16.1 Å². The number of halogens is 1. The lowest BCUT2D eigenvalue weighted by molar-refractivity contribution is 0.886. The van der Waals surface area contributed by atoms with Crippen molar-refractivity contribution in [2.75, 3.05) is 0 Å². The zero-order valence-corrected chi connectivity index (χ0v) is 8.68. The molecule has 2 rings (SSSR count). The van der Waals surface area contributed by atoms with Crippen LogP contribution in [-0.2, 0) is 7.05 Å². The summed E-state index contributed by atoms with van der Waals surface area (Å²) in [6.45, 7) is 4.00. The highest BCUT2D eigenvalue weighted by Crippen LogP contribution is 2.25. The molecule has 0 unspecified atom stereocenters. The van der Waals surface area contributed by atoms with Gasteiger partial charge in [-0.15, -0.1) is 0 Å². The minimum atomic E-state index is 0.776. The summed E-state index contributed by atoms with van der Waals surface area (Å²) in [6, 6.07) is 4.01. The van der Waals surface area contributed by atoms with Crippen LogP contribution in [0.25, 0.3) is 11.0 Å². The van der Waals surface area contributed by atoms with Crippen molar-refractivity contribution in [3.63, 3.8) is 0 Å². The summed E-state index contributed by atoms with van der Waals surface area (Å²) in [6.07, 6.45) is 0. The number of aryl methyl sites for hydroxylation is 3. The molecule has 0 aliphatic carbocycles. The predicted octanol–water partition coefficient (Wildman–Crippen LogP) is 2.84. The van der Waals surface area contributed by atoms with Crippen LogP contribution in [0.15, 0.2) is 12.1 Å². The van der Waals surface area contributed by atoms with Crippen molar-refractivity contribution in [2.45, 2.75) is 13.8 Å². The molecule has 0 saturated carbocycles. The molecule has 0 fully saturated rings. The molecule has 2 aromatic rings. The molecule has 1 aromatic heterocycles. The normalized spacial score (nSPS) is 11.1. The minimum Gasteiger partial charge on any atom is -0.330 e. The van der Waals surface area contributed by atoms with E-state index < -0.39 is 0 Å². The molecule has 0 amide bonds. The maximum atomic E-state index is 6.12. The van der Waals surface area contributed by atoms with Crippen LogP contribution >= 0.6 is 11.6 Å². The second-order valence-corrected chi connectivity index (χ2v) is 3.74. The van der Waals surface area contributed by atoms with E-state index in [1.807, 2.05) is 37.6 Å². The third-order valence-corrected chi connectivity index (χ3v) is 2.58. The number of fused-ring (bicyclic) bond motifs is 1. The van der Waals surface area contributed by atoms with Gasteiger partial charge in [-0.25, -0.2) is 4.98 Å². The summed E-state index contributed by atoms with van der Waals surface area (Å²) < 4.78 is 2.01. The topological polar surface area (TPSA) is 17.8 Å². The Balaban J connectivity index is 2.94. The van der Waals surface area contributed by atoms with Gasteiger partial charge < -0.3 is 4.57 Å². The van der Waals surface area contributed by atoms with Crippen molar-refractivity contribution in [3.8, 4) is 0 Å². The molecule has 0 bridgehead atoms. The first-order chi connectivity index (χ1) is 6.09. The predicted molar refractivity (Wildman–Crippen MR) is 55.2 cm³/mol. The van der Waals surface area contributed by atoms with Crippen LogP contribution in [0, 0.1) is 13.8 Å². The highest BCUT2D eigenvalue weighted by Gasteiger charge is 2.07. The van der Waals surface area contributed by atoms with Gasteiger partial charge in [0.1, 0.15) is 5.82 Å². The van der Waals surface area contributed by atoms with Gasteiger partial charge in [-0.2, -0.15) is 0 Å². The molecule has 0 radical (unpaired) electrons. The van der Waals surface area contributed by atoms with Crippen LogP contribution in [0.2, 0.25) is 5.02 Å². The van der Waals surface area contributed by atoms with Crippen molar-refractivity contribution in [1.29, 1.82) is 0 Å². The van der Waals surface area contributed by atoms with Crippen molar-refractivity contribution in [2.24, 2.45) is 7.05 Å². The zero-order valence-electron chi connectivity index (χ0n) is 7.93. The SMILES string of the molecule is Cc1cc(Cl)c2c(c1)nc(C)n2C. The van der Waals surface area contributed by atoms with Gasteiger partial charge in [-0.3, -0.25) is 0 Å². The third-order valence-electron chi connectivity index (χ3n) is 2.29. The Bertz CT molecular complexity index is 471. The first-order valence-electron chi connectivity index (χ1n) is 4.19. The molecule has 13 heavy (non-hydrogen) atoms. The van der Waals surface area contributed by atoms with E-state index >= 15 is 0 Å². The van der Waals surface area contributed by atoms with Crippen molar-refractivity contribution in [3.05, 3.63) is 28.5 Å². The summed E-state index contributed by atoms with van der Waals surface area (Å²) >= 11 is 6.12. The van der Waals surface area contributed by atoms with E-state index in [1.165, 1.54) is 0 Å². The minimum absolute atomic E-state index is 0.776. The Morgan fingerprint density at radius 3 is 2.69 bits per heavy atom. The fourth-order valence-corrected chi connectivity index (χ4v) is 1.94. The first kappa shape index (κ1) is 8.57. The van der Waals surface area contributed by atoms with E-state index in [0.717, 1.165) is 27.4 Å². The van der Waals surface area contributed by atoms with Gasteiger partial charge in [0, 0.05) is 7.05 Å². The standard InChI is InChI=1S/C10H11ClN2/c1-6-4-8(11)10-9(5-6)12-7(2)13(10)3/h4-5H,1-3H3. The average Bonchev–Trinajstić information content (AvgIpc) is 2.27. The molecule has 68 valence electrons. The van der Waals surface area contributed by atoms with Gasteiger partial charge in [-0.05, 0) is 31.5 Å². The second kappa shape index (κ2) is 2.74. The van der Waals surface area contributed by atoms with Gasteiger partial charge >= 0.3 is 0 Å². The quantitative estimate of drug-likeness (QED) is 0.631. The molecule has 0 atom stereocenters. The molecule has 0 aliphatic rings. The van der Waals surface area contributed by atoms with Gasteiger partial charge in [0.2, 0.25) is 0 Å². The molecule has 1 heterocycles. The van der Waals surface area contributed by atoms with Crippen LogP contribution in [0.3, 0.4) is 0 Å². The highest BCUT2D eigenvalue weighted by atomic mass is 35.5. The lowest BCUT2D eigenvalue weighted by atomic mass is 10.2. The largest absolute Gasteiger partial charge is 0.330 e. The first-order valence-corrected chi connectivity index (χ1v) is 4.56. The number of rotatable bonds is 0. The van der Waals surface area contributed by atoms with Crippen LogP contribution in [-0.4, -0.2) is 9.55 Å². The fourth-order valence-electron chi connectivity index (χ4n) is 1.54. The number of benzene rings is 1. The summed E-state index contributed by atoms with van der Waals surface area (Å²) in [5.41, 5.74) is 3.14. The molecule has 1 aromatic carbocycles. The van der Waals surface area contributed by atoms with Crippen LogP contribution in [0.4, 0.5) is 0 Å². The number of imidazole rings is 1. The Hall–Kier alpha value is -1.02. The average molecular weight is 195 g/mol.